The van der Waals surface area contributed by atoms with Crippen LogP contribution in [0.4, 0.5) is 0 Å². The summed E-state index contributed by atoms with van der Waals surface area (Å²) >= 11 is 9.09. The first-order valence-corrected chi connectivity index (χ1v) is 4.99. The summed E-state index contributed by atoms with van der Waals surface area (Å²) in [6.07, 6.45) is 0.860. The normalized spacial score (nSPS) is 9.92. The first kappa shape index (κ1) is 9.87. The second-order valence-corrected chi connectivity index (χ2v) is 3.63. The van der Waals surface area contributed by atoms with Crippen LogP contribution >= 0.6 is 27.5 Å². The summed E-state index contributed by atoms with van der Waals surface area (Å²) < 4.78 is 6.18. The molecule has 12 heavy (non-hydrogen) atoms. The maximum atomic E-state index is 5.64. The van der Waals surface area contributed by atoms with Gasteiger partial charge in [-0.1, -0.05) is 15.9 Å². The van der Waals surface area contributed by atoms with E-state index in [1.807, 2.05) is 18.2 Å². The Hall–Kier alpha value is -0.210. The van der Waals surface area contributed by atoms with Gasteiger partial charge in [-0.05, 0) is 30.2 Å². The number of methoxy groups -OCH3 is 1. The molecule has 1 aromatic rings. The molecule has 0 spiro atoms. The van der Waals surface area contributed by atoms with Gasteiger partial charge < -0.3 is 4.74 Å². The van der Waals surface area contributed by atoms with Crippen molar-refractivity contribution in [3.63, 3.8) is 0 Å². The summed E-state index contributed by atoms with van der Waals surface area (Å²) in [7, 11) is 1.66. The minimum absolute atomic E-state index is 0.631. The number of alkyl halides is 1. The van der Waals surface area contributed by atoms with Gasteiger partial charge in [-0.2, -0.15) is 0 Å². The molecule has 0 bridgehead atoms. The second kappa shape index (κ2) is 4.73. The van der Waals surface area contributed by atoms with E-state index in [4.69, 9.17) is 16.3 Å². The largest absolute Gasteiger partial charge is 0.497 e. The Morgan fingerprint density at radius 2 is 2.25 bits per heavy atom. The number of aryl methyl sites for hydroxylation is 1. The van der Waals surface area contributed by atoms with E-state index in [0.29, 0.717) is 5.88 Å². The fraction of sp³-hybridized carbons (Fsp3) is 0.333. The van der Waals surface area contributed by atoms with Gasteiger partial charge in [0.2, 0.25) is 0 Å². The van der Waals surface area contributed by atoms with Crippen LogP contribution in [0.25, 0.3) is 0 Å². The molecule has 66 valence electrons. The lowest BCUT2D eigenvalue weighted by molar-refractivity contribution is 0.414. The summed E-state index contributed by atoms with van der Waals surface area (Å²) in [4.78, 5) is 0. The summed E-state index contributed by atoms with van der Waals surface area (Å²) in [5.41, 5.74) is 1.18. The topological polar surface area (TPSA) is 9.23 Å². The van der Waals surface area contributed by atoms with Gasteiger partial charge in [0.25, 0.3) is 0 Å². The van der Waals surface area contributed by atoms with Crippen LogP contribution in [0.5, 0.6) is 5.75 Å². The summed E-state index contributed by atoms with van der Waals surface area (Å²) in [5, 5.41) is 0. The second-order valence-electron chi connectivity index (χ2n) is 2.40. The molecular formula is C9H10BrClO. The molecule has 3 heteroatoms. The van der Waals surface area contributed by atoms with E-state index in [-0.39, 0.29) is 0 Å². The number of benzene rings is 1. The quantitative estimate of drug-likeness (QED) is 0.747. The lowest BCUT2D eigenvalue weighted by Crippen LogP contribution is -1.90. The third-order valence-corrected chi connectivity index (χ3v) is 2.58. The molecule has 0 radical (unpaired) electrons. The first-order chi connectivity index (χ1) is 5.77. The maximum Gasteiger partial charge on any atom is 0.119 e. The summed E-state index contributed by atoms with van der Waals surface area (Å²) in [5.74, 6) is 1.50. The number of hydrogen-bond acceptors (Lipinski definition) is 1. The van der Waals surface area contributed by atoms with E-state index in [2.05, 4.69) is 15.9 Å². The molecular weight excluding hydrogens is 239 g/mol. The van der Waals surface area contributed by atoms with Crippen LogP contribution in [-0.2, 0) is 6.42 Å². The van der Waals surface area contributed by atoms with Crippen molar-refractivity contribution in [1.29, 1.82) is 0 Å². The molecule has 0 heterocycles. The zero-order valence-corrected chi connectivity index (χ0v) is 9.15. The minimum Gasteiger partial charge on any atom is -0.497 e. The van der Waals surface area contributed by atoms with Crippen LogP contribution in [0.3, 0.4) is 0 Å². The van der Waals surface area contributed by atoms with Gasteiger partial charge in [0.1, 0.15) is 5.75 Å². The molecule has 1 rings (SSSR count). The molecule has 0 saturated carbocycles. The minimum atomic E-state index is 0.631. The molecule has 0 aliphatic carbocycles. The van der Waals surface area contributed by atoms with Crippen molar-refractivity contribution in [2.45, 2.75) is 6.42 Å². The van der Waals surface area contributed by atoms with Gasteiger partial charge in [-0.3, -0.25) is 0 Å². The van der Waals surface area contributed by atoms with Crippen molar-refractivity contribution >= 4 is 27.5 Å². The van der Waals surface area contributed by atoms with Gasteiger partial charge in [0.05, 0.1) is 7.11 Å². The number of halogens is 2. The van der Waals surface area contributed by atoms with Crippen LogP contribution in [0.15, 0.2) is 22.7 Å². The van der Waals surface area contributed by atoms with Crippen LogP contribution < -0.4 is 4.74 Å². The van der Waals surface area contributed by atoms with Crippen molar-refractivity contribution in [2.75, 3.05) is 13.0 Å². The van der Waals surface area contributed by atoms with Crippen LogP contribution in [0.2, 0.25) is 0 Å². The number of hydrogen-bond donors (Lipinski definition) is 0. The third kappa shape index (κ3) is 2.39. The predicted octanol–water partition coefficient (Wildman–Crippen LogP) is 3.24. The predicted molar refractivity (Wildman–Crippen MR) is 55.1 cm³/mol. The molecule has 0 aliphatic rings. The van der Waals surface area contributed by atoms with Gasteiger partial charge in [0.15, 0.2) is 0 Å². The Bertz CT molecular complexity index is 263. The van der Waals surface area contributed by atoms with E-state index < -0.39 is 0 Å². The van der Waals surface area contributed by atoms with Gasteiger partial charge in [-0.15, -0.1) is 11.6 Å². The molecule has 0 amide bonds. The molecule has 1 nitrogen and oxygen atoms in total. The van der Waals surface area contributed by atoms with Crippen molar-refractivity contribution in [2.24, 2.45) is 0 Å². The molecule has 0 atom stereocenters. The van der Waals surface area contributed by atoms with Crippen molar-refractivity contribution in [1.82, 2.24) is 0 Å². The fourth-order valence-corrected chi connectivity index (χ4v) is 1.62. The SMILES string of the molecule is COc1ccc(Br)c(CCCl)c1. The average Bonchev–Trinajstić information content (AvgIpc) is 2.09. The average molecular weight is 250 g/mol. The Balaban J connectivity index is 2.91. The van der Waals surface area contributed by atoms with E-state index in [0.717, 1.165) is 16.6 Å². The highest BCUT2D eigenvalue weighted by Crippen LogP contribution is 2.22. The zero-order chi connectivity index (χ0) is 8.97. The number of ether oxygens (including phenoxy) is 1. The Morgan fingerprint density at radius 1 is 1.50 bits per heavy atom. The fourth-order valence-electron chi connectivity index (χ4n) is 0.971. The lowest BCUT2D eigenvalue weighted by Gasteiger charge is -2.04. The van der Waals surface area contributed by atoms with E-state index in [1.165, 1.54) is 5.56 Å². The van der Waals surface area contributed by atoms with Crippen molar-refractivity contribution < 1.29 is 4.74 Å². The van der Waals surface area contributed by atoms with Gasteiger partial charge >= 0.3 is 0 Å². The first-order valence-electron chi connectivity index (χ1n) is 3.66. The highest BCUT2D eigenvalue weighted by molar-refractivity contribution is 9.10. The molecule has 0 aliphatic heterocycles. The summed E-state index contributed by atoms with van der Waals surface area (Å²) in [6.45, 7) is 0. The van der Waals surface area contributed by atoms with Crippen molar-refractivity contribution in [3.05, 3.63) is 28.2 Å². The highest BCUT2D eigenvalue weighted by atomic mass is 79.9. The van der Waals surface area contributed by atoms with Gasteiger partial charge in [0, 0.05) is 10.4 Å². The van der Waals surface area contributed by atoms with Crippen LogP contribution in [-0.4, -0.2) is 13.0 Å². The lowest BCUT2D eigenvalue weighted by atomic mass is 10.2. The zero-order valence-electron chi connectivity index (χ0n) is 6.81. The van der Waals surface area contributed by atoms with Crippen molar-refractivity contribution in [3.8, 4) is 5.75 Å². The maximum absolute atomic E-state index is 5.64. The standard InChI is InChI=1S/C9H10BrClO/c1-12-8-2-3-9(10)7(6-8)4-5-11/h2-3,6H,4-5H2,1H3. The number of rotatable bonds is 3. The molecule has 1 aromatic carbocycles. The van der Waals surface area contributed by atoms with E-state index in [1.54, 1.807) is 7.11 Å². The third-order valence-electron chi connectivity index (χ3n) is 1.62. The summed E-state index contributed by atoms with van der Waals surface area (Å²) in [6, 6.07) is 5.88. The molecule has 0 unspecified atom stereocenters. The Kier molecular flexibility index (Phi) is 3.89. The molecule has 0 fully saturated rings. The van der Waals surface area contributed by atoms with E-state index >= 15 is 0 Å². The Labute approximate surface area is 85.8 Å². The molecule has 0 aromatic heterocycles. The van der Waals surface area contributed by atoms with Crippen LogP contribution in [0, 0.1) is 0 Å². The van der Waals surface area contributed by atoms with Gasteiger partial charge in [-0.25, -0.2) is 0 Å². The van der Waals surface area contributed by atoms with Crippen LogP contribution in [0.1, 0.15) is 5.56 Å². The molecule has 0 N–H and O–H groups in total. The smallest absolute Gasteiger partial charge is 0.119 e. The molecule has 0 saturated heterocycles. The highest BCUT2D eigenvalue weighted by Gasteiger charge is 2.00. The monoisotopic (exact) mass is 248 g/mol. The van der Waals surface area contributed by atoms with E-state index in [9.17, 15) is 0 Å². The Morgan fingerprint density at radius 3 is 2.83 bits per heavy atom.